The molecule has 0 heterocycles. The second kappa shape index (κ2) is 6.23. The van der Waals surface area contributed by atoms with Gasteiger partial charge in [0, 0.05) is 6.54 Å². The van der Waals surface area contributed by atoms with E-state index in [4.69, 9.17) is 16.3 Å². The second-order valence-electron chi connectivity index (χ2n) is 3.61. The summed E-state index contributed by atoms with van der Waals surface area (Å²) in [6.07, 6.45) is 0.596. The molecule has 0 saturated heterocycles. The number of hydrogen-bond donors (Lipinski definition) is 1. The van der Waals surface area contributed by atoms with Gasteiger partial charge in [0.15, 0.2) is 0 Å². The predicted octanol–water partition coefficient (Wildman–Crippen LogP) is 2.18. The average Bonchev–Trinajstić information content (AvgIpc) is 2.27. The maximum Gasteiger partial charge on any atom is 0.211 e. The van der Waals surface area contributed by atoms with Crippen molar-refractivity contribution in [2.45, 2.75) is 19.9 Å². The Hall–Kier alpha value is -0.780. The first-order valence-corrected chi connectivity index (χ1v) is 7.31. The number of methoxy groups -OCH3 is 1. The highest BCUT2D eigenvalue weighted by Crippen LogP contribution is 2.24. The SMILES string of the molecule is CCCS(=O)(=O)NCc1ccc(OC)c(Cl)c1. The largest absolute Gasteiger partial charge is 0.495 e. The van der Waals surface area contributed by atoms with Gasteiger partial charge in [-0.15, -0.1) is 0 Å². The fourth-order valence-corrected chi connectivity index (χ4v) is 2.70. The molecule has 0 aromatic heterocycles. The monoisotopic (exact) mass is 277 g/mol. The first kappa shape index (κ1) is 14.3. The molecule has 0 aliphatic heterocycles. The summed E-state index contributed by atoms with van der Waals surface area (Å²) in [6.45, 7) is 2.07. The van der Waals surface area contributed by atoms with Gasteiger partial charge in [-0.3, -0.25) is 0 Å². The van der Waals surface area contributed by atoms with Crippen LogP contribution in [0.4, 0.5) is 0 Å². The van der Waals surface area contributed by atoms with E-state index in [1.54, 1.807) is 18.2 Å². The quantitative estimate of drug-likeness (QED) is 0.867. The molecule has 0 aliphatic rings. The Labute approximate surface area is 107 Å². The third kappa shape index (κ3) is 4.53. The van der Waals surface area contributed by atoms with Crippen molar-refractivity contribution in [2.24, 2.45) is 0 Å². The fraction of sp³-hybridized carbons (Fsp3) is 0.455. The van der Waals surface area contributed by atoms with Crippen LogP contribution in [-0.4, -0.2) is 21.3 Å². The molecule has 0 radical (unpaired) electrons. The van der Waals surface area contributed by atoms with Gasteiger partial charge in [0.1, 0.15) is 5.75 Å². The summed E-state index contributed by atoms with van der Waals surface area (Å²) in [4.78, 5) is 0. The van der Waals surface area contributed by atoms with Gasteiger partial charge in [0.25, 0.3) is 0 Å². The predicted molar refractivity (Wildman–Crippen MR) is 68.9 cm³/mol. The summed E-state index contributed by atoms with van der Waals surface area (Å²) >= 11 is 5.94. The standard InChI is InChI=1S/C11H16ClNO3S/c1-3-6-17(14,15)13-8-9-4-5-11(16-2)10(12)7-9/h4-5,7,13H,3,6,8H2,1-2H3. The Morgan fingerprint density at radius 2 is 2.12 bits per heavy atom. The van der Waals surface area contributed by atoms with E-state index in [1.807, 2.05) is 6.92 Å². The minimum atomic E-state index is -3.18. The molecule has 6 heteroatoms. The molecule has 0 fully saturated rings. The third-order valence-electron chi connectivity index (χ3n) is 2.19. The third-order valence-corrected chi connectivity index (χ3v) is 4.01. The molecule has 1 aromatic carbocycles. The Kier molecular flexibility index (Phi) is 5.24. The molecule has 0 saturated carbocycles. The van der Waals surface area contributed by atoms with Crippen LogP contribution in [0.15, 0.2) is 18.2 Å². The van der Waals surface area contributed by atoms with Gasteiger partial charge in [-0.2, -0.15) is 0 Å². The van der Waals surface area contributed by atoms with E-state index < -0.39 is 10.0 Å². The van der Waals surface area contributed by atoms with Crippen molar-refractivity contribution >= 4 is 21.6 Å². The molecule has 1 N–H and O–H groups in total. The smallest absolute Gasteiger partial charge is 0.211 e. The van der Waals surface area contributed by atoms with Crippen molar-refractivity contribution in [1.29, 1.82) is 0 Å². The van der Waals surface area contributed by atoms with E-state index in [0.717, 1.165) is 5.56 Å². The molecule has 0 unspecified atom stereocenters. The Morgan fingerprint density at radius 1 is 1.41 bits per heavy atom. The highest BCUT2D eigenvalue weighted by Gasteiger charge is 2.08. The van der Waals surface area contributed by atoms with Crippen LogP contribution < -0.4 is 9.46 Å². The van der Waals surface area contributed by atoms with E-state index in [2.05, 4.69) is 4.72 Å². The molecule has 1 aromatic rings. The van der Waals surface area contributed by atoms with Crippen LogP contribution in [0, 0.1) is 0 Å². The van der Waals surface area contributed by atoms with Crippen molar-refractivity contribution in [3.8, 4) is 5.75 Å². The van der Waals surface area contributed by atoms with Crippen LogP contribution >= 0.6 is 11.6 Å². The van der Waals surface area contributed by atoms with Crippen molar-refractivity contribution in [1.82, 2.24) is 4.72 Å². The lowest BCUT2D eigenvalue weighted by molar-refractivity contribution is 0.415. The van der Waals surface area contributed by atoms with Gasteiger partial charge >= 0.3 is 0 Å². The van der Waals surface area contributed by atoms with Gasteiger partial charge in [-0.25, -0.2) is 13.1 Å². The Balaban J connectivity index is 2.67. The van der Waals surface area contributed by atoms with Gasteiger partial charge in [-0.1, -0.05) is 24.6 Å². The molecular weight excluding hydrogens is 262 g/mol. The van der Waals surface area contributed by atoms with E-state index in [1.165, 1.54) is 7.11 Å². The lowest BCUT2D eigenvalue weighted by atomic mass is 10.2. The Morgan fingerprint density at radius 3 is 2.65 bits per heavy atom. The molecule has 0 aliphatic carbocycles. The van der Waals surface area contributed by atoms with E-state index in [9.17, 15) is 8.42 Å². The normalized spacial score (nSPS) is 11.5. The first-order chi connectivity index (χ1) is 7.98. The molecule has 17 heavy (non-hydrogen) atoms. The van der Waals surface area contributed by atoms with E-state index in [0.29, 0.717) is 17.2 Å². The van der Waals surface area contributed by atoms with E-state index in [-0.39, 0.29) is 12.3 Å². The summed E-state index contributed by atoms with van der Waals surface area (Å²) in [5.41, 5.74) is 0.801. The Bertz CT molecular complexity index is 474. The zero-order chi connectivity index (χ0) is 12.9. The van der Waals surface area contributed by atoms with Crippen molar-refractivity contribution in [2.75, 3.05) is 12.9 Å². The van der Waals surface area contributed by atoms with Gasteiger partial charge in [0.05, 0.1) is 17.9 Å². The van der Waals surface area contributed by atoms with Gasteiger partial charge < -0.3 is 4.74 Å². The number of halogens is 1. The first-order valence-electron chi connectivity index (χ1n) is 5.28. The summed E-state index contributed by atoms with van der Waals surface area (Å²) in [5, 5.41) is 0.472. The summed E-state index contributed by atoms with van der Waals surface area (Å²) in [7, 11) is -1.65. The lowest BCUT2D eigenvalue weighted by Crippen LogP contribution is -2.25. The summed E-state index contributed by atoms with van der Waals surface area (Å²) in [5.74, 6) is 0.712. The minimum absolute atomic E-state index is 0.136. The maximum atomic E-state index is 11.4. The number of hydrogen-bond acceptors (Lipinski definition) is 3. The molecule has 0 atom stereocenters. The minimum Gasteiger partial charge on any atom is -0.495 e. The molecular formula is C11H16ClNO3S. The van der Waals surface area contributed by atoms with Crippen molar-refractivity contribution in [3.05, 3.63) is 28.8 Å². The fourth-order valence-electron chi connectivity index (χ4n) is 1.35. The number of rotatable bonds is 6. The summed E-state index contributed by atoms with van der Waals surface area (Å²) in [6, 6.07) is 5.18. The molecule has 1 rings (SSSR count). The van der Waals surface area contributed by atoms with Crippen LogP contribution in [-0.2, 0) is 16.6 Å². The highest BCUT2D eigenvalue weighted by atomic mass is 35.5. The number of ether oxygens (including phenoxy) is 1. The highest BCUT2D eigenvalue weighted by molar-refractivity contribution is 7.89. The molecule has 0 amide bonds. The summed E-state index contributed by atoms with van der Waals surface area (Å²) < 4.78 is 30.4. The van der Waals surface area contributed by atoms with Crippen molar-refractivity contribution < 1.29 is 13.2 Å². The van der Waals surface area contributed by atoms with Crippen LogP contribution in [0.3, 0.4) is 0 Å². The lowest BCUT2D eigenvalue weighted by Gasteiger charge is -2.08. The number of sulfonamides is 1. The zero-order valence-electron chi connectivity index (χ0n) is 9.86. The second-order valence-corrected chi connectivity index (χ2v) is 5.94. The van der Waals surface area contributed by atoms with Gasteiger partial charge in [0.2, 0.25) is 10.0 Å². The topological polar surface area (TPSA) is 55.4 Å². The zero-order valence-corrected chi connectivity index (χ0v) is 11.4. The number of benzene rings is 1. The molecule has 4 nitrogen and oxygen atoms in total. The van der Waals surface area contributed by atoms with Crippen LogP contribution in [0.2, 0.25) is 5.02 Å². The molecule has 0 spiro atoms. The van der Waals surface area contributed by atoms with Crippen molar-refractivity contribution in [3.63, 3.8) is 0 Å². The van der Waals surface area contributed by atoms with E-state index >= 15 is 0 Å². The van der Waals surface area contributed by atoms with Gasteiger partial charge in [-0.05, 0) is 24.1 Å². The molecule has 96 valence electrons. The number of nitrogens with one attached hydrogen (secondary N) is 1. The van der Waals surface area contributed by atoms with Crippen LogP contribution in [0.1, 0.15) is 18.9 Å². The average molecular weight is 278 g/mol. The van der Waals surface area contributed by atoms with Crippen LogP contribution in [0.25, 0.3) is 0 Å². The van der Waals surface area contributed by atoms with Crippen LogP contribution in [0.5, 0.6) is 5.75 Å². The maximum absolute atomic E-state index is 11.4. The molecule has 0 bridgehead atoms.